The van der Waals surface area contributed by atoms with E-state index in [9.17, 15) is 9.18 Å². The Hall–Kier alpha value is -2.47. The van der Waals surface area contributed by atoms with E-state index in [0.717, 1.165) is 36.2 Å². The number of hydrogen-bond donors (Lipinski definition) is 1. The minimum atomic E-state index is -0.737. The highest BCUT2D eigenvalue weighted by molar-refractivity contribution is 5.66. The third-order valence-electron chi connectivity index (χ3n) is 7.15. The molecule has 152 valence electrons. The molecule has 3 saturated heterocycles. The lowest BCUT2D eigenvalue weighted by Gasteiger charge is -2.30. The van der Waals surface area contributed by atoms with Crippen molar-refractivity contribution in [1.82, 2.24) is 9.88 Å². The minimum Gasteiger partial charge on any atom is -0.436 e. The van der Waals surface area contributed by atoms with Crippen molar-refractivity contribution in [3.8, 4) is 11.1 Å². The molecule has 5 nitrogen and oxygen atoms in total. The van der Waals surface area contributed by atoms with Crippen molar-refractivity contribution in [2.24, 2.45) is 23.5 Å². The fraction of sp³-hybridized carbons (Fsp3) is 0.478. The van der Waals surface area contributed by atoms with Crippen LogP contribution >= 0.6 is 0 Å². The summed E-state index contributed by atoms with van der Waals surface area (Å²) in [4.78, 5) is 18.9. The smallest absolute Gasteiger partial charge is 0.405 e. The van der Waals surface area contributed by atoms with Crippen LogP contribution in [-0.4, -0.2) is 35.6 Å². The first-order chi connectivity index (χ1) is 14.0. The van der Waals surface area contributed by atoms with Gasteiger partial charge in [-0.2, -0.15) is 0 Å². The first-order valence-electron chi connectivity index (χ1n) is 10.5. The molecule has 3 unspecified atom stereocenters. The van der Waals surface area contributed by atoms with Crippen LogP contribution in [0.3, 0.4) is 0 Å². The summed E-state index contributed by atoms with van der Waals surface area (Å²) in [6.07, 6.45) is 5.43. The Labute approximate surface area is 170 Å². The SMILES string of the molecule is NC(=O)OC1(c2ccc(-c3ccc(F)cc3)cn2)CC1C1CCN2CCC1CC2. The first kappa shape index (κ1) is 18.6. The number of aromatic nitrogens is 1. The lowest BCUT2D eigenvalue weighted by atomic mass is 9.80. The monoisotopic (exact) mass is 395 g/mol. The predicted octanol–water partition coefficient (Wildman–Crippen LogP) is 3.93. The average molecular weight is 395 g/mol. The zero-order valence-electron chi connectivity index (χ0n) is 16.4. The summed E-state index contributed by atoms with van der Waals surface area (Å²) in [6.45, 7) is 3.49. The number of ether oxygens (including phenoxy) is 1. The summed E-state index contributed by atoms with van der Waals surface area (Å²) in [5.74, 6) is 1.25. The molecule has 2 aromatic rings. The first-order valence-corrected chi connectivity index (χ1v) is 10.5. The van der Waals surface area contributed by atoms with Gasteiger partial charge in [0.25, 0.3) is 0 Å². The lowest BCUT2D eigenvalue weighted by molar-refractivity contribution is 0.0599. The van der Waals surface area contributed by atoms with Gasteiger partial charge in [0.15, 0.2) is 5.60 Å². The molecule has 29 heavy (non-hydrogen) atoms. The van der Waals surface area contributed by atoms with Gasteiger partial charge in [-0.25, -0.2) is 9.18 Å². The van der Waals surface area contributed by atoms with Crippen molar-refractivity contribution in [3.63, 3.8) is 0 Å². The number of benzene rings is 1. The lowest BCUT2D eigenvalue weighted by Crippen LogP contribution is -2.32. The third-order valence-corrected chi connectivity index (χ3v) is 7.15. The molecule has 4 fully saturated rings. The summed E-state index contributed by atoms with van der Waals surface area (Å²) in [5.41, 5.74) is 7.33. The van der Waals surface area contributed by atoms with E-state index in [1.807, 2.05) is 12.1 Å². The number of primary amides is 1. The number of carbonyl (C=O) groups is 1. The summed E-state index contributed by atoms with van der Waals surface area (Å²) in [7, 11) is 0. The molecule has 1 aliphatic carbocycles. The maximum Gasteiger partial charge on any atom is 0.405 e. The molecule has 1 aromatic carbocycles. The molecule has 6 rings (SSSR count). The molecule has 6 heteroatoms. The van der Waals surface area contributed by atoms with Crippen LogP contribution in [0.25, 0.3) is 11.1 Å². The van der Waals surface area contributed by atoms with Gasteiger partial charge in [0.1, 0.15) is 5.82 Å². The van der Waals surface area contributed by atoms with Gasteiger partial charge in [-0.1, -0.05) is 18.2 Å². The Morgan fingerprint density at radius 2 is 1.76 bits per heavy atom. The number of fused-ring (bicyclic) bond motifs is 4. The van der Waals surface area contributed by atoms with Gasteiger partial charge >= 0.3 is 6.09 Å². The third kappa shape index (κ3) is 3.39. The summed E-state index contributed by atoms with van der Waals surface area (Å²) in [5, 5.41) is 0. The average Bonchev–Trinajstić information content (AvgIpc) is 3.49. The van der Waals surface area contributed by atoms with Crippen molar-refractivity contribution in [3.05, 3.63) is 54.1 Å². The number of piperidine rings is 1. The van der Waals surface area contributed by atoms with Gasteiger partial charge in [-0.05, 0) is 74.5 Å². The molecule has 4 aliphatic rings. The highest BCUT2D eigenvalue weighted by Gasteiger charge is 2.64. The zero-order chi connectivity index (χ0) is 20.0. The maximum absolute atomic E-state index is 13.2. The summed E-state index contributed by atoms with van der Waals surface area (Å²) < 4.78 is 18.9. The molecule has 3 aliphatic heterocycles. The molecule has 3 atom stereocenters. The number of halogens is 1. The van der Waals surface area contributed by atoms with E-state index in [2.05, 4.69) is 9.88 Å². The second kappa shape index (κ2) is 7.10. The number of carbonyl (C=O) groups excluding carboxylic acids is 1. The molecule has 4 heterocycles. The van der Waals surface area contributed by atoms with E-state index in [0.29, 0.717) is 11.8 Å². The number of hydrogen-bond acceptors (Lipinski definition) is 4. The normalized spacial score (nSPS) is 33.1. The van der Waals surface area contributed by atoms with Crippen LogP contribution in [0, 0.1) is 23.6 Å². The molecule has 0 spiro atoms. The quantitative estimate of drug-likeness (QED) is 0.852. The largest absolute Gasteiger partial charge is 0.436 e. The summed E-state index contributed by atoms with van der Waals surface area (Å²) >= 11 is 0. The fourth-order valence-electron chi connectivity index (χ4n) is 5.57. The number of nitrogens with zero attached hydrogens (tertiary/aromatic N) is 2. The summed E-state index contributed by atoms with van der Waals surface area (Å²) in [6, 6.07) is 10.2. The molecule has 0 radical (unpaired) electrons. The van der Waals surface area contributed by atoms with Crippen molar-refractivity contribution < 1.29 is 13.9 Å². The molecule has 1 saturated carbocycles. The van der Waals surface area contributed by atoms with Crippen LogP contribution in [-0.2, 0) is 10.3 Å². The fourth-order valence-corrected chi connectivity index (χ4v) is 5.57. The Bertz CT molecular complexity index is 893. The van der Waals surface area contributed by atoms with E-state index >= 15 is 0 Å². The molecule has 2 bridgehead atoms. The molecular weight excluding hydrogens is 369 g/mol. The van der Waals surface area contributed by atoms with E-state index in [-0.39, 0.29) is 11.7 Å². The van der Waals surface area contributed by atoms with Gasteiger partial charge in [0.05, 0.1) is 5.69 Å². The second-order valence-electron chi connectivity index (χ2n) is 8.69. The van der Waals surface area contributed by atoms with Crippen molar-refractivity contribution in [1.29, 1.82) is 0 Å². The minimum absolute atomic E-state index is 0.262. The van der Waals surface area contributed by atoms with Gasteiger partial charge in [0, 0.05) is 24.1 Å². The van der Waals surface area contributed by atoms with Crippen LogP contribution in [0.15, 0.2) is 42.6 Å². The van der Waals surface area contributed by atoms with Crippen LogP contribution in [0.1, 0.15) is 31.4 Å². The zero-order valence-corrected chi connectivity index (χ0v) is 16.4. The van der Waals surface area contributed by atoms with Gasteiger partial charge in [0.2, 0.25) is 0 Å². The highest BCUT2D eigenvalue weighted by atomic mass is 19.1. The van der Waals surface area contributed by atoms with E-state index in [1.165, 1.54) is 38.1 Å². The van der Waals surface area contributed by atoms with Crippen LogP contribution in [0.4, 0.5) is 9.18 Å². The number of pyridine rings is 1. The molecular formula is C23H26FN3O2. The Balaban J connectivity index is 1.41. The molecule has 2 N–H and O–H groups in total. The number of amides is 1. The van der Waals surface area contributed by atoms with Crippen LogP contribution in [0.2, 0.25) is 0 Å². The Kier molecular flexibility index (Phi) is 4.54. The van der Waals surface area contributed by atoms with Crippen molar-refractivity contribution >= 4 is 6.09 Å². The van der Waals surface area contributed by atoms with Crippen LogP contribution < -0.4 is 5.73 Å². The van der Waals surface area contributed by atoms with Crippen molar-refractivity contribution in [2.45, 2.75) is 31.3 Å². The van der Waals surface area contributed by atoms with Crippen LogP contribution in [0.5, 0.6) is 0 Å². The molecule has 1 aromatic heterocycles. The van der Waals surface area contributed by atoms with Gasteiger partial charge in [-0.3, -0.25) is 4.98 Å². The standard InChI is InChI=1S/C23H26FN3O2/c24-18-4-1-15(2-5-18)17-3-6-21(26-14-17)23(29-22(25)28)13-20(23)19-9-12-27-10-7-16(19)8-11-27/h1-6,14,16,19-20H,7-13H2,(H2,25,28). The van der Waals surface area contributed by atoms with Gasteiger partial charge < -0.3 is 15.4 Å². The number of rotatable bonds is 4. The Morgan fingerprint density at radius 3 is 2.41 bits per heavy atom. The van der Waals surface area contributed by atoms with E-state index < -0.39 is 11.7 Å². The van der Waals surface area contributed by atoms with E-state index in [4.69, 9.17) is 10.5 Å². The van der Waals surface area contributed by atoms with Crippen molar-refractivity contribution in [2.75, 3.05) is 19.6 Å². The highest BCUT2D eigenvalue weighted by Crippen LogP contribution is 2.61. The van der Waals surface area contributed by atoms with Gasteiger partial charge in [-0.15, -0.1) is 0 Å². The topological polar surface area (TPSA) is 68.5 Å². The Morgan fingerprint density at radius 1 is 1.07 bits per heavy atom. The second-order valence-corrected chi connectivity index (χ2v) is 8.69. The van der Waals surface area contributed by atoms with E-state index in [1.54, 1.807) is 18.3 Å². The predicted molar refractivity (Wildman–Crippen MR) is 107 cm³/mol. The molecule has 1 amide bonds. The number of nitrogens with two attached hydrogens (primary N) is 1. The maximum atomic E-state index is 13.2.